The lowest BCUT2D eigenvalue weighted by molar-refractivity contribution is 0.393. The van der Waals surface area contributed by atoms with Crippen LogP contribution in [0.5, 0.6) is 0 Å². The molecule has 2 heteroatoms. The van der Waals surface area contributed by atoms with Gasteiger partial charge in [-0.3, -0.25) is 0 Å². The van der Waals surface area contributed by atoms with Crippen molar-refractivity contribution < 1.29 is 4.42 Å². The second-order valence-electron chi connectivity index (χ2n) is 6.11. The summed E-state index contributed by atoms with van der Waals surface area (Å²) in [6.07, 6.45) is 2.03. The minimum absolute atomic E-state index is 0.109. The highest BCUT2D eigenvalue weighted by Crippen LogP contribution is 2.29. The maximum absolute atomic E-state index is 6.14. The van der Waals surface area contributed by atoms with Gasteiger partial charge in [0.2, 0.25) is 0 Å². The summed E-state index contributed by atoms with van der Waals surface area (Å²) in [7, 11) is 0. The molecule has 1 N–H and O–H groups in total. The molecule has 1 aromatic carbocycles. The SMILES string of the molecule is CCc1c(CNC(C)(C)C)oc2c(CC)cccc12. The number of hydrogen-bond donors (Lipinski definition) is 1. The molecule has 1 aromatic heterocycles. The van der Waals surface area contributed by atoms with Crippen molar-refractivity contribution in [1.82, 2.24) is 5.32 Å². The second kappa shape index (κ2) is 5.38. The quantitative estimate of drug-likeness (QED) is 0.877. The minimum atomic E-state index is 0.109. The number of furan rings is 1. The Kier molecular flexibility index (Phi) is 4.00. The number of benzene rings is 1. The van der Waals surface area contributed by atoms with E-state index in [2.05, 4.69) is 58.1 Å². The van der Waals surface area contributed by atoms with E-state index in [0.717, 1.165) is 30.7 Å². The largest absolute Gasteiger partial charge is 0.459 e. The summed E-state index contributed by atoms with van der Waals surface area (Å²) in [6.45, 7) is 11.7. The Morgan fingerprint density at radius 2 is 1.84 bits per heavy atom. The van der Waals surface area contributed by atoms with E-state index in [1.165, 1.54) is 16.5 Å². The van der Waals surface area contributed by atoms with E-state index in [1.807, 2.05) is 0 Å². The summed E-state index contributed by atoms with van der Waals surface area (Å²) >= 11 is 0. The van der Waals surface area contributed by atoms with E-state index >= 15 is 0 Å². The van der Waals surface area contributed by atoms with Crippen molar-refractivity contribution in [3.63, 3.8) is 0 Å². The van der Waals surface area contributed by atoms with Crippen molar-refractivity contribution >= 4 is 11.0 Å². The normalized spacial score (nSPS) is 12.3. The van der Waals surface area contributed by atoms with Gasteiger partial charge in [-0.05, 0) is 39.2 Å². The van der Waals surface area contributed by atoms with Crippen LogP contribution in [0.2, 0.25) is 0 Å². The maximum Gasteiger partial charge on any atom is 0.137 e. The third-order valence-corrected chi connectivity index (χ3v) is 3.50. The average Bonchev–Trinajstić information content (AvgIpc) is 2.72. The van der Waals surface area contributed by atoms with E-state index in [1.54, 1.807) is 0 Å². The van der Waals surface area contributed by atoms with Crippen LogP contribution in [-0.2, 0) is 19.4 Å². The van der Waals surface area contributed by atoms with Crippen LogP contribution in [0.25, 0.3) is 11.0 Å². The predicted molar refractivity (Wildman–Crippen MR) is 81.6 cm³/mol. The van der Waals surface area contributed by atoms with E-state index in [9.17, 15) is 0 Å². The zero-order valence-corrected chi connectivity index (χ0v) is 12.8. The van der Waals surface area contributed by atoms with Crippen molar-refractivity contribution in [3.05, 3.63) is 35.1 Å². The Labute approximate surface area is 116 Å². The number of fused-ring (bicyclic) bond motifs is 1. The van der Waals surface area contributed by atoms with Crippen LogP contribution in [-0.4, -0.2) is 5.54 Å². The molecule has 0 atom stereocenters. The number of para-hydroxylation sites is 1. The molecule has 0 saturated heterocycles. The zero-order chi connectivity index (χ0) is 14.0. The molecular formula is C17H25NO. The van der Waals surface area contributed by atoms with Crippen LogP contribution in [0, 0.1) is 0 Å². The number of rotatable bonds is 4. The summed E-state index contributed by atoms with van der Waals surface area (Å²) in [6, 6.07) is 6.47. The van der Waals surface area contributed by atoms with Gasteiger partial charge in [0.25, 0.3) is 0 Å². The van der Waals surface area contributed by atoms with Crippen LogP contribution in [0.1, 0.15) is 51.5 Å². The zero-order valence-electron chi connectivity index (χ0n) is 12.8. The van der Waals surface area contributed by atoms with Gasteiger partial charge in [-0.2, -0.15) is 0 Å². The molecule has 0 bridgehead atoms. The maximum atomic E-state index is 6.14. The third-order valence-electron chi connectivity index (χ3n) is 3.50. The molecule has 0 fully saturated rings. The Morgan fingerprint density at radius 1 is 1.11 bits per heavy atom. The first-order chi connectivity index (χ1) is 8.96. The number of nitrogens with one attached hydrogen (secondary N) is 1. The Balaban J connectivity index is 2.43. The third kappa shape index (κ3) is 3.01. The lowest BCUT2D eigenvalue weighted by Gasteiger charge is -2.19. The topological polar surface area (TPSA) is 25.2 Å². The molecule has 104 valence electrons. The van der Waals surface area contributed by atoms with Crippen LogP contribution in [0.4, 0.5) is 0 Å². The van der Waals surface area contributed by atoms with Gasteiger partial charge in [0.05, 0.1) is 6.54 Å². The summed E-state index contributed by atoms with van der Waals surface area (Å²) in [5, 5.41) is 4.80. The lowest BCUT2D eigenvalue weighted by atomic mass is 10.0. The highest BCUT2D eigenvalue weighted by molar-refractivity contribution is 5.85. The summed E-state index contributed by atoms with van der Waals surface area (Å²) in [5.74, 6) is 1.09. The van der Waals surface area contributed by atoms with Crippen LogP contribution in [0.15, 0.2) is 22.6 Å². The van der Waals surface area contributed by atoms with Crippen LogP contribution < -0.4 is 5.32 Å². The predicted octanol–water partition coefficient (Wildman–Crippen LogP) is 4.45. The van der Waals surface area contributed by atoms with E-state index in [4.69, 9.17) is 4.42 Å². The summed E-state index contributed by atoms with van der Waals surface area (Å²) in [4.78, 5) is 0. The van der Waals surface area contributed by atoms with Gasteiger partial charge in [0, 0.05) is 16.5 Å². The molecule has 0 aliphatic heterocycles. The monoisotopic (exact) mass is 259 g/mol. The van der Waals surface area contributed by atoms with E-state index < -0.39 is 0 Å². The van der Waals surface area contributed by atoms with Gasteiger partial charge in [-0.15, -0.1) is 0 Å². The fraction of sp³-hybridized carbons (Fsp3) is 0.529. The van der Waals surface area contributed by atoms with Crippen molar-refractivity contribution in [2.24, 2.45) is 0 Å². The molecule has 0 radical (unpaired) electrons. The van der Waals surface area contributed by atoms with E-state index in [-0.39, 0.29) is 5.54 Å². The molecule has 0 spiro atoms. The Bertz CT molecular complexity index is 560. The fourth-order valence-corrected chi connectivity index (χ4v) is 2.43. The first-order valence-electron chi connectivity index (χ1n) is 7.23. The Hall–Kier alpha value is -1.28. The van der Waals surface area contributed by atoms with Crippen molar-refractivity contribution in [2.75, 3.05) is 0 Å². The van der Waals surface area contributed by atoms with Gasteiger partial charge >= 0.3 is 0 Å². The molecule has 0 amide bonds. The van der Waals surface area contributed by atoms with Crippen LogP contribution >= 0.6 is 0 Å². The molecule has 0 saturated carbocycles. The number of aryl methyl sites for hydroxylation is 2. The molecule has 0 aliphatic rings. The molecule has 0 aliphatic carbocycles. The minimum Gasteiger partial charge on any atom is -0.459 e. The molecule has 2 rings (SSSR count). The molecule has 2 aromatic rings. The Morgan fingerprint density at radius 3 is 2.42 bits per heavy atom. The van der Waals surface area contributed by atoms with Crippen molar-refractivity contribution in [2.45, 2.75) is 59.5 Å². The van der Waals surface area contributed by atoms with E-state index in [0.29, 0.717) is 0 Å². The first-order valence-corrected chi connectivity index (χ1v) is 7.23. The molecule has 2 nitrogen and oxygen atoms in total. The highest BCUT2D eigenvalue weighted by Gasteiger charge is 2.16. The fourth-order valence-electron chi connectivity index (χ4n) is 2.43. The standard InChI is InChI=1S/C17H25NO/c1-6-12-9-8-10-14-13(7-2)15(19-16(12)14)11-18-17(3,4)5/h8-10,18H,6-7,11H2,1-5H3. The molecular weight excluding hydrogens is 234 g/mol. The smallest absolute Gasteiger partial charge is 0.137 e. The summed E-state index contributed by atoms with van der Waals surface area (Å²) < 4.78 is 6.14. The average molecular weight is 259 g/mol. The first kappa shape index (κ1) is 14.1. The van der Waals surface area contributed by atoms with Gasteiger partial charge in [-0.1, -0.05) is 32.0 Å². The van der Waals surface area contributed by atoms with Gasteiger partial charge in [-0.25, -0.2) is 0 Å². The second-order valence-corrected chi connectivity index (χ2v) is 6.11. The highest BCUT2D eigenvalue weighted by atomic mass is 16.3. The molecule has 19 heavy (non-hydrogen) atoms. The number of hydrogen-bond acceptors (Lipinski definition) is 2. The van der Waals surface area contributed by atoms with Crippen molar-refractivity contribution in [1.29, 1.82) is 0 Å². The lowest BCUT2D eigenvalue weighted by Crippen LogP contribution is -2.35. The van der Waals surface area contributed by atoms with Gasteiger partial charge in [0.1, 0.15) is 11.3 Å². The molecule has 1 heterocycles. The van der Waals surface area contributed by atoms with Gasteiger partial charge < -0.3 is 9.73 Å². The molecule has 0 unspecified atom stereocenters. The van der Waals surface area contributed by atoms with Crippen molar-refractivity contribution in [3.8, 4) is 0 Å². The van der Waals surface area contributed by atoms with Crippen LogP contribution in [0.3, 0.4) is 0 Å². The van der Waals surface area contributed by atoms with Gasteiger partial charge in [0.15, 0.2) is 0 Å². The summed E-state index contributed by atoms with van der Waals surface area (Å²) in [5.41, 5.74) is 3.83.